The molecule has 1 aliphatic heterocycles. The van der Waals surface area contributed by atoms with Crippen LogP contribution in [0.25, 0.3) is 0 Å². The highest BCUT2D eigenvalue weighted by atomic mass is 35.5. The lowest BCUT2D eigenvalue weighted by molar-refractivity contribution is 0.138. The Bertz CT molecular complexity index is 266. The number of aromatic nitrogens is 3. The van der Waals surface area contributed by atoms with Gasteiger partial charge in [0.15, 0.2) is 0 Å². The van der Waals surface area contributed by atoms with Crippen molar-refractivity contribution < 1.29 is 0 Å². The van der Waals surface area contributed by atoms with Crippen LogP contribution in [0.5, 0.6) is 0 Å². The van der Waals surface area contributed by atoms with Crippen molar-refractivity contribution in [3.05, 3.63) is 12.2 Å². The van der Waals surface area contributed by atoms with Crippen LogP contribution in [0, 0.1) is 0 Å². The predicted octanol–water partition coefficient (Wildman–Crippen LogP) is 0.503. The van der Waals surface area contributed by atoms with E-state index in [9.17, 15) is 0 Å². The first-order chi connectivity index (χ1) is 5.81. The van der Waals surface area contributed by atoms with Crippen LogP contribution < -0.4 is 0 Å². The number of halogens is 1. The summed E-state index contributed by atoms with van der Waals surface area (Å²) >= 11 is 5.70. The van der Waals surface area contributed by atoms with Crippen molar-refractivity contribution in [2.75, 3.05) is 20.1 Å². The maximum atomic E-state index is 5.70. The second-order valence-electron chi connectivity index (χ2n) is 3.16. The largest absolute Gasteiger partial charge is 0.311 e. The maximum absolute atomic E-state index is 5.70. The number of hydrogen-bond donors (Lipinski definition) is 0. The molecule has 1 fully saturated rings. The van der Waals surface area contributed by atoms with Gasteiger partial charge in [0.05, 0.1) is 11.9 Å². The molecule has 0 amide bonds. The van der Waals surface area contributed by atoms with Crippen molar-refractivity contribution in [1.82, 2.24) is 19.7 Å². The minimum absolute atomic E-state index is 0.445. The molecule has 0 aromatic carbocycles. The third-order valence-electron chi connectivity index (χ3n) is 2.21. The second-order valence-corrected chi connectivity index (χ2v) is 3.43. The number of nitrogens with zero attached hydrogens (tertiary/aromatic N) is 4. The molecule has 1 saturated heterocycles. The molecule has 0 atom stereocenters. The predicted molar refractivity (Wildman–Crippen MR) is 46.1 cm³/mol. The lowest BCUT2D eigenvalue weighted by Gasteiger charge is -2.37. The van der Waals surface area contributed by atoms with Crippen molar-refractivity contribution in [3.8, 4) is 0 Å². The Morgan fingerprint density at radius 1 is 1.67 bits per heavy atom. The van der Waals surface area contributed by atoms with Gasteiger partial charge in [-0.2, -0.15) is 0 Å². The van der Waals surface area contributed by atoms with Gasteiger partial charge in [-0.05, 0) is 7.05 Å². The molecule has 0 radical (unpaired) electrons. The molecule has 0 N–H and O–H groups in total. The Morgan fingerprint density at radius 2 is 2.42 bits per heavy atom. The zero-order chi connectivity index (χ0) is 8.55. The fourth-order valence-electron chi connectivity index (χ4n) is 1.51. The standard InChI is InChI=1S/C7H11ClN4/c1-11-3-6(4-11)12-5-9-10-7(12)2-8/h5-6H,2-4H2,1H3. The van der Waals surface area contributed by atoms with Gasteiger partial charge in [-0.25, -0.2) is 0 Å². The Hall–Kier alpha value is -0.610. The van der Waals surface area contributed by atoms with Crippen LogP contribution in [0.3, 0.4) is 0 Å². The van der Waals surface area contributed by atoms with Gasteiger partial charge < -0.3 is 9.47 Å². The second kappa shape index (κ2) is 3.03. The molecule has 4 nitrogen and oxygen atoms in total. The van der Waals surface area contributed by atoms with Crippen molar-refractivity contribution in [2.45, 2.75) is 11.9 Å². The van der Waals surface area contributed by atoms with E-state index in [1.165, 1.54) is 0 Å². The lowest BCUT2D eigenvalue weighted by Crippen LogP contribution is -2.45. The number of likely N-dealkylation sites (tertiary alicyclic amines) is 1. The van der Waals surface area contributed by atoms with Crippen LogP contribution in [0.1, 0.15) is 11.9 Å². The number of rotatable bonds is 2. The monoisotopic (exact) mass is 186 g/mol. The number of alkyl halides is 1. The quantitative estimate of drug-likeness (QED) is 0.631. The van der Waals surface area contributed by atoms with E-state index in [1.807, 2.05) is 0 Å². The van der Waals surface area contributed by atoms with Crippen molar-refractivity contribution >= 4 is 11.6 Å². The lowest BCUT2D eigenvalue weighted by atomic mass is 10.1. The summed E-state index contributed by atoms with van der Waals surface area (Å²) in [5.41, 5.74) is 0. The van der Waals surface area contributed by atoms with Crippen LogP contribution in [-0.4, -0.2) is 39.8 Å². The highest BCUT2D eigenvalue weighted by Gasteiger charge is 2.26. The zero-order valence-corrected chi connectivity index (χ0v) is 7.70. The molecule has 0 unspecified atom stereocenters. The van der Waals surface area contributed by atoms with Gasteiger partial charge in [0.2, 0.25) is 0 Å². The first kappa shape index (κ1) is 8.01. The van der Waals surface area contributed by atoms with Crippen LogP contribution in [-0.2, 0) is 5.88 Å². The minimum atomic E-state index is 0.445. The van der Waals surface area contributed by atoms with Gasteiger partial charge in [0.1, 0.15) is 12.2 Å². The molecule has 0 bridgehead atoms. The average Bonchev–Trinajstić information content (AvgIpc) is 2.45. The summed E-state index contributed by atoms with van der Waals surface area (Å²) in [4.78, 5) is 2.25. The number of likely N-dealkylation sites (N-methyl/N-ethyl adjacent to an activating group) is 1. The van der Waals surface area contributed by atoms with E-state index in [2.05, 4.69) is 26.7 Å². The van der Waals surface area contributed by atoms with Crippen molar-refractivity contribution in [1.29, 1.82) is 0 Å². The highest BCUT2D eigenvalue weighted by molar-refractivity contribution is 6.16. The maximum Gasteiger partial charge on any atom is 0.148 e. The molecule has 12 heavy (non-hydrogen) atoms. The molecule has 1 aromatic heterocycles. The van der Waals surface area contributed by atoms with Gasteiger partial charge in [-0.1, -0.05) is 0 Å². The van der Waals surface area contributed by atoms with Crippen LogP contribution in [0.2, 0.25) is 0 Å². The van der Waals surface area contributed by atoms with E-state index in [4.69, 9.17) is 11.6 Å². The Balaban J connectivity index is 2.12. The number of hydrogen-bond acceptors (Lipinski definition) is 3. The third kappa shape index (κ3) is 1.21. The molecule has 66 valence electrons. The Labute approximate surface area is 76.1 Å². The van der Waals surface area contributed by atoms with Crippen LogP contribution in [0.4, 0.5) is 0 Å². The fraction of sp³-hybridized carbons (Fsp3) is 0.714. The molecular weight excluding hydrogens is 176 g/mol. The van der Waals surface area contributed by atoms with Gasteiger partial charge in [0, 0.05) is 13.1 Å². The zero-order valence-electron chi connectivity index (χ0n) is 6.94. The summed E-state index contributed by atoms with van der Waals surface area (Å²) in [5, 5.41) is 7.76. The molecule has 1 aliphatic rings. The molecule has 0 spiro atoms. The summed E-state index contributed by atoms with van der Waals surface area (Å²) in [6.07, 6.45) is 1.76. The van der Waals surface area contributed by atoms with Gasteiger partial charge in [-0.3, -0.25) is 0 Å². The minimum Gasteiger partial charge on any atom is -0.311 e. The average molecular weight is 187 g/mol. The van der Waals surface area contributed by atoms with Gasteiger partial charge in [-0.15, -0.1) is 21.8 Å². The first-order valence-corrected chi connectivity index (χ1v) is 4.47. The van der Waals surface area contributed by atoms with E-state index in [1.54, 1.807) is 6.33 Å². The van der Waals surface area contributed by atoms with Crippen LogP contribution >= 0.6 is 11.6 Å². The smallest absolute Gasteiger partial charge is 0.148 e. The molecular formula is C7H11ClN4. The summed E-state index contributed by atoms with van der Waals surface area (Å²) in [6.45, 7) is 2.14. The highest BCUT2D eigenvalue weighted by Crippen LogP contribution is 2.20. The van der Waals surface area contributed by atoms with Gasteiger partial charge >= 0.3 is 0 Å². The molecule has 2 rings (SSSR count). The fourth-order valence-corrected chi connectivity index (χ4v) is 1.70. The summed E-state index contributed by atoms with van der Waals surface area (Å²) in [7, 11) is 2.10. The van der Waals surface area contributed by atoms with E-state index < -0.39 is 0 Å². The summed E-state index contributed by atoms with van der Waals surface area (Å²) in [6, 6.07) is 0.527. The van der Waals surface area contributed by atoms with E-state index in [-0.39, 0.29) is 0 Å². The summed E-state index contributed by atoms with van der Waals surface area (Å²) in [5.74, 6) is 1.31. The molecule has 1 aromatic rings. The van der Waals surface area contributed by atoms with Crippen molar-refractivity contribution in [2.24, 2.45) is 0 Å². The van der Waals surface area contributed by atoms with Gasteiger partial charge in [0.25, 0.3) is 0 Å². The van der Waals surface area contributed by atoms with Crippen LogP contribution in [0.15, 0.2) is 6.33 Å². The molecule has 0 aliphatic carbocycles. The SMILES string of the molecule is CN1CC(n2cnnc2CCl)C1. The Kier molecular flexibility index (Phi) is 2.02. The molecule has 5 heteroatoms. The van der Waals surface area contributed by atoms with E-state index in [0.717, 1.165) is 18.9 Å². The van der Waals surface area contributed by atoms with E-state index >= 15 is 0 Å². The normalized spacial score (nSPS) is 19.5. The summed E-state index contributed by atoms with van der Waals surface area (Å²) < 4.78 is 2.06. The van der Waals surface area contributed by atoms with E-state index in [0.29, 0.717) is 11.9 Å². The third-order valence-corrected chi connectivity index (χ3v) is 2.44. The van der Waals surface area contributed by atoms with Crippen molar-refractivity contribution in [3.63, 3.8) is 0 Å². The first-order valence-electron chi connectivity index (χ1n) is 3.94. The molecule has 0 saturated carbocycles. The Morgan fingerprint density at radius 3 is 3.00 bits per heavy atom. The molecule has 2 heterocycles. The topological polar surface area (TPSA) is 34.0 Å².